The number of carbonyl (C=O) groups is 1. The number of nitrogens with one attached hydrogen (secondary N) is 3. The van der Waals surface area contributed by atoms with Crippen LogP contribution in [0.2, 0.25) is 0 Å². The highest BCUT2D eigenvalue weighted by atomic mass is 16.6. The van der Waals surface area contributed by atoms with Crippen LogP contribution in [0, 0.1) is 0 Å². The zero-order chi connectivity index (χ0) is 14.5. The SMILES string of the molecule is CC(C)(CNC1CCNCC1)NC(=O)OC(C)(C)C. The van der Waals surface area contributed by atoms with Crippen LogP contribution in [0.25, 0.3) is 0 Å². The first-order valence-corrected chi connectivity index (χ1v) is 7.13. The van der Waals surface area contributed by atoms with Crippen molar-refractivity contribution in [1.29, 1.82) is 0 Å². The van der Waals surface area contributed by atoms with E-state index >= 15 is 0 Å². The predicted octanol–water partition coefficient (Wildman–Crippen LogP) is 1.63. The Bertz CT molecular complexity index is 292. The third-order valence-electron chi connectivity index (χ3n) is 3.01. The summed E-state index contributed by atoms with van der Waals surface area (Å²) in [6, 6.07) is 0.543. The molecule has 3 N–H and O–H groups in total. The van der Waals surface area contributed by atoms with Gasteiger partial charge in [-0.3, -0.25) is 0 Å². The molecule has 112 valence electrons. The number of amides is 1. The standard InChI is InChI=1S/C14H29N3O2/c1-13(2,3)19-12(18)17-14(4,5)10-16-11-6-8-15-9-7-11/h11,15-16H,6-10H2,1-5H3,(H,17,18). The number of ether oxygens (including phenoxy) is 1. The van der Waals surface area contributed by atoms with Crippen LogP contribution in [0.15, 0.2) is 0 Å². The van der Waals surface area contributed by atoms with Crippen molar-refractivity contribution in [2.75, 3.05) is 19.6 Å². The average Bonchev–Trinajstić information content (AvgIpc) is 2.24. The summed E-state index contributed by atoms with van der Waals surface area (Å²) >= 11 is 0. The van der Waals surface area contributed by atoms with Gasteiger partial charge in [-0.1, -0.05) is 0 Å². The van der Waals surface area contributed by atoms with Gasteiger partial charge in [-0.25, -0.2) is 4.79 Å². The van der Waals surface area contributed by atoms with E-state index in [1.54, 1.807) is 0 Å². The molecule has 0 bridgehead atoms. The molecule has 0 spiro atoms. The lowest BCUT2D eigenvalue weighted by Gasteiger charge is -2.32. The summed E-state index contributed by atoms with van der Waals surface area (Å²) in [5.74, 6) is 0. The summed E-state index contributed by atoms with van der Waals surface area (Å²) in [6.45, 7) is 12.5. The molecule has 0 radical (unpaired) electrons. The number of piperidine rings is 1. The monoisotopic (exact) mass is 271 g/mol. The van der Waals surface area contributed by atoms with Crippen LogP contribution in [0.4, 0.5) is 4.79 Å². The van der Waals surface area contributed by atoms with Crippen molar-refractivity contribution >= 4 is 6.09 Å². The number of hydrogen-bond acceptors (Lipinski definition) is 4. The van der Waals surface area contributed by atoms with Crippen LogP contribution in [0.5, 0.6) is 0 Å². The summed E-state index contributed by atoms with van der Waals surface area (Å²) in [4.78, 5) is 11.8. The molecule has 0 unspecified atom stereocenters. The fourth-order valence-corrected chi connectivity index (χ4v) is 2.05. The highest BCUT2D eigenvalue weighted by Crippen LogP contribution is 2.10. The van der Waals surface area contributed by atoms with Crippen LogP contribution in [-0.2, 0) is 4.74 Å². The molecule has 1 saturated heterocycles. The van der Waals surface area contributed by atoms with Gasteiger partial charge in [-0.2, -0.15) is 0 Å². The Kier molecular flexibility index (Phi) is 5.62. The molecule has 19 heavy (non-hydrogen) atoms. The Morgan fingerprint density at radius 2 is 1.79 bits per heavy atom. The number of alkyl carbamates (subject to hydrolysis) is 1. The fourth-order valence-electron chi connectivity index (χ4n) is 2.05. The van der Waals surface area contributed by atoms with Gasteiger partial charge in [-0.15, -0.1) is 0 Å². The van der Waals surface area contributed by atoms with Crippen molar-refractivity contribution in [3.8, 4) is 0 Å². The molecule has 0 atom stereocenters. The molecule has 0 aromatic carbocycles. The second-order valence-corrected chi connectivity index (χ2v) is 6.92. The molecule has 5 heteroatoms. The molecule has 1 heterocycles. The van der Waals surface area contributed by atoms with E-state index in [0.29, 0.717) is 6.04 Å². The van der Waals surface area contributed by atoms with E-state index < -0.39 is 5.60 Å². The van der Waals surface area contributed by atoms with Crippen LogP contribution in [0.1, 0.15) is 47.5 Å². The zero-order valence-corrected chi connectivity index (χ0v) is 12.9. The summed E-state index contributed by atoms with van der Waals surface area (Å²) in [6.07, 6.45) is 1.93. The van der Waals surface area contributed by atoms with Crippen LogP contribution < -0.4 is 16.0 Å². The predicted molar refractivity (Wildman–Crippen MR) is 77.3 cm³/mol. The minimum absolute atomic E-state index is 0.312. The molecule has 1 rings (SSSR count). The summed E-state index contributed by atoms with van der Waals surface area (Å²) in [7, 11) is 0. The van der Waals surface area contributed by atoms with Crippen molar-refractivity contribution in [3.63, 3.8) is 0 Å². The summed E-state index contributed by atoms with van der Waals surface area (Å²) < 4.78 is 5.28. The first kappa shape index (κ1) is 16.2. The van der Waals surface area contributed by atoms with Gasteiger partial charge in [0.1, 0.15) is 5.60 Å². The van der Waals surface area contributed by atoms with Crippen LogP contribution in [-0.4, -0.2) is 42.9 Å². The van der Waals surface area contributed by atoms with Gasteiger partial charge in [0.05, 0.1) is 5.54 Å². The van der Waals surface area contributed by atoms with E-state index in [9.17, 15) is 4.79 Å². The Labute approximate surface area is 116 Å². The number of rotatable bonds is 4. The number of carbonyl (C=O) groups excluding carboxylic acids is 1. The van der Waals surface area contributed by atoms with E-state index in [4.69, 9.17) is 4.74 Å². The summed E-state index contributed by atoms with van der Waals surface area (Å²) in [5.41, 5.74) is -0.768. The van der Waals surface area contributed by atoms with Crippen molar-refractivity contribution in [3.05, 3.63) is 0 Å². The maximum Gasteiger partial charge on any atom is 0.408 e. The largest absolute Gasteiger partial charge is 0.444 e. The number of hydrogen-bond donors (Lipinski definition) is 3. The van der Waals surface area contributed by atoms with Gasteiger partial charge < -0.3 is 20.7 Å². The maximum absolute atomic E-state index is 11.8. The second-order valence-electron chi connectivity index (χ2n) is 6.92. The zero-order valence-electron chi connectivity index (χ0n) is 12.9. The molecule has 1 amide bonds. The van der Waals surface area contributed by atoms with Crippen molar-refractivity contribution in [2.45, 2.75) is 64.6 Å². The highest BCUT2D eigenvalue weighted by Gasteiger charge is 2.25. The van der Waals surface area contributed by atoms with Gasteiger partial charge in [0, 0.05) is 12.6 Å². The highest BCUT2D eigenvalue weighted by molar-refractivity contribution is 5.68. The maximum atomic E-state index is 11.8. The first-order valence-electron chi connectivity index (χ1n) is 7.13. The van der Waals surface area contributed by atoms with Gasteiger partial charge in [-0.05, 0) is 60.5 Å². The lowest BCUT2D eigenvalue weighted by atomic mass is 10.0. The Morgan fingerprint density at radius 1 is 1.21 bits per heavy atom. The Hall–Kier alpha value is -0.810. The lowest BCUT2D eigenvalue weighted by molar-refractivity contribution is 0.0470. The van der Waals surface area contributed by atoms with Crippen molar-refractivity contribution in [2.24, 2.45) is 0 Å². The van der Waals surface area contributed by atoms with Gasteiger partial charge in [0.15, 0.2) is 0 Å². The minimum Gasteiger partial charge on any atom is -0.444 e. The summed E-state index contributed by atoms with van der Waals surface area (Å²) in [5, 5.41) is 9.77. The van der Waals surface area contributed by atoms with E-state index in [2.05, 4.69) is 16.0 Å². The Balaban J connectivity index is 2.31. The van der Waals surface area contributed by atoms with E-state index in [0.717, 1.165) is 32.5 Å². The minimum atomic E-state index is -0.456. The van der Waals surface area contributed by atoms with Gasteiger partial charge >= 0.3 is 6.09 Å². The topological polar surface area (TPSA) is 62.4 Å². The molecular formula is C14H29N3O2. The quantitative estimate of drug-likeness (QED) is 0.727. The van der Waals surface area contributed by atoms with E-state index in [1.165, 1.54) is 0 Å². The first-order chi connectivity index (χ1) is 8.68. The normalized spacial score (nSPS) is 18.2. The van der Waals surface area contributed by atoms with Crippen molar-refractivity contribution in [1.82, 2.24) is 16.0 Å². The van der Waals surface area contributed by atoms with Gasteiger partial charge in [0.2, 0.25) is 0 Å². The molecule has 1 aliphatic heterocycles. The molecule has 0 aliphatic carbocycles. The average molecular weight is 271 g/mol. The Morgan fingerprint density at radius 3 is 2.32 bits per heavy atom. The van der Waals surface area contributed by atoms with Crippen LogP contribution >= 0.6 is 0 Å². The molecule has 0 aromatic rings. The molecular weight excluding hydrogens is 242 g/mol. The molecule has 0 saturated carbocycles. The lowest BCUT2D eigenvalue weighted by Crippen LogP contribution is -2.54. The van der Waals surface area contributed by atoms with Gasteiger partial charge in [0.25, 0.3) is 0 Å². The third kappa shape index (κ3) is 7.38. The second kappa shape index (κ2) is 6.57. The van der Waals surface area contributed by atoms with E-state index in [1.807, 2.05) is 34.6 Å². The smallest absolute Gasteiger partial charge is 0.408 e. The molecule has 1 aliphatic rings. The molecule has 0 aromatic heterocycles. The molecule has 5 nitrogen and oxygen atoms in total. The van der Waals surface area contributed by atoms with Crippen molar-refractivity contribution < 1.29 is 9.53 Å². The third-order valence-corrected chi connectivity index (χ3v) is 3.01. The fraction of sp³-hybridized carbons (Fsp3) is 0.929. The van der Waals surface area contributed by atoms with E-state index in [-0.39, 0.29) is 11.6 Å². The van der Waals surface area contributed by atoms with Crippen LogP contribution in [0.3, 0.4) is 0 Å². The molecule has 1 fully saturated rings.